The minimum absolute atomic E-state index is 0.129. The lowest BCUT2D eigenvalue weighted by atomic mass is 10.1. The van der Waals surface area contributed by atoms with Gasteiger partial charge in [0.1, 0.15) is 10.1 Å². The summed E-state index contributed by atoms with van der Waals surface area (Å²) in [5, 5.41) is 0. The number of hydrogen-bond acceptors (Lipinski definition) is 6. The van der Waals surface area contributed by atoms with E-state index >= 15 is 0 Å². The molecule has 0 aliphatic carbocycles. The molecule has 1 fully saturated rings. The maximum absolute atomic E-state index is 12.7. The summed E-state index contributed by atoms with van der Waals surface area (Å²) in [5.41, 5.74) is 3.09. The van der Waals surface area contributed by atoms with Crippen molar-refractivity contribution in [3.63, 3.8) is 0 Å². The number of amides is 1. The van der Waals surface area contributed by atoms with E-state index in [1.165, 1.54) is 22.2 Å². The molecule has 5 nitrogen and oxygen atoms in total. The molecule has 2 aromatic rings. The molecule has 3 rings (SSSR count). The highest BCUT2D eigenvalue weighted by Crippen LogP contribution is 2.37. The van der Waals surface area contributed by atoms with Gasteiger partial charge in [-0.05, 0) is 37.6 Å². The molecule has 1 aliphatic rings. The van der Waals surface area contributed by atoms with Crippen LogP contribution in [-0.2, 0) is 4.79 Å². The van der Waals surface area contributed by atoms with Crippen molar-refractivity contribution in [2.75, 3.05) is 26.9 Å². The number of aryl methyl sites for hydroxylation is 2. The Balaban J connectivity index is 1.67. The van der Waals surface area contributed by atoms with Crippen LogP contribution in [0.2, 0.25) is 0 Å². The Morgan fingerprint density at radius 2 is 1.91 bits per heavy atom. The smallest absolute Gasteiger partial charge is 0.266 e. The summed E-state index contributed by atoms with van der Waals surface area (Å²) in [4.78, 5) is 14.8. The summed E-state index contributed by atoms with van der Waals surface area (Å²) < 4.78 is 18.0. The van der Waals surface area contributed by atoms with Gasteiger partial charge < -0.3 is 14.2 Å². The van der Waals surface area contributed by atoms with Gasteiger partial charge in [0.05, 0.1) is 25.2 Å². The van der Waals surface area contributed by atoms with Gasteiger partial charge in [0.15, 0.2) is 11.5 Å². The predicted molar refractivity (Wildman–Crippen MR) is 135 cm³/mol. The Bertz CT molecular complexity index is 1050. The number of nitrogens with zero attached hydrogens (tertiary/aromatic N) is 1. The zero-order valence-electron chi connectivity index (χ0n) is 18.6. The Kier molecular flexibility index (Phi) is 8.36. The van der Waals surface area contributed by atoms with Gasteiger partial charge >= 0.3 is 0 Å². The second kappa shape index (κ2) is 11.2. The van der Waals surface area contributed by atoms with Gasteiger partial charge in [-0.1, -0.05) is 59.9 Å². The average molecular weight is 470 g/mol. The number of hydrogen-bond donors (Lipinski definition) is 0. The van der Waals surface area contributed by atoms with Gasteiger partial charge in [0.25, 0.3) is 5.91 Å². The van der Waals surface area contributed by atoms with E-state index in [2.05, 4.69) is 19.6 Å². The van der Waals surface area contributed by atoms with E-state index in [4.69, 9.17) is 26.4 Å². The summed E-state index contributed by atoms with van der Waals surface area (Å²) in [6.45, 7) is 9.17. The lowest BCUT2D eigenvalue weighted by molar-refractivity contribution is -0.121. The first-order valence-electron chi connectivity index (χ1n) is 10.3. The molecule has 0 atom stereocenters. The first kappa shape index (κ1) is 23.9. The second-order valence-corrected chi connectivity index (χ2v) is 8.95. The highest BCUT2D eigenvalue weighted by molar-refractivity contribution is 8.26. The van der Waals surface area contributed by atoms with E-state index in [-0.39, 0.29) is 5.91 Å². The summed E-state index contributed by atoms with van der Waals surface area (Å²) in [7, 11) is 1.60. The molecule has 32 heavy (non-hydrogen) atoms. The normalized spacial score (nSPS) is 14.7. The number of para-hydroxylation sites is 1. The first-order valence-corrected chi connectivity index (χ1v) is 11.5. The minimum atomic E-state index is -0.129. The van der Waals surface area contributed by atoms with Crippen molar-refractivity contribution < 1.29 is 19.0 Å². The molecule has 2 aromatic carbocycles. The standard InChI is InChI=1S/C25H27NO4S2/c1-5-12-26-24(27)22(32-25(26)31)16-19-8-6-9-21(28-4)23(19)30-14-7-13-29-20-11-10-17(2)15-18(20)3/h5-6,8-11,15-16H,1,7,12-14H2,2-4H3/b22-16+. The maximum atomic E-state index is 12.7. The molecule has 0 unspecified atom stereocenters. The average Bonchev–Trinajstić information content (AvgIpc) is 3.03. The van der Waals surface area contributed by atoms with Crippen LogP contribution < -0.4 is 14.2 Å². The number of benzene rings is 2. The van der Waals surface area contributed by atoms with E-state index < -0.39 is 0 Å². The fraction of sp³-hybridized carbons (Fsp3) is 0.280. The lowest BCUT2D eigenvalue weighted by Crippen LogP contribution is -2.27. The minimum Gasteiger partial charge on any atom is -0.493 e. The van der Waals surface area contributed by atoms with Gasteiger partial charge in [-0.3, -0.25) is 9.69 Å². The molecule has 1 amide bonds. The van der Waals surface area contributed by atoms with Crippen LogP contribution in [0.1, 0.15) is 23.1 Å². The van der Waals surface area contributed by atoms with E-state index in [0.717, 1.165) is 16.9 Å². The lowest BCUT2D eigenvalue weighted by Gasteiger charge is -2.14. The second-order valence-electron chi connectivity index (χ2n) is 7.28. The Morgan fingerprint density at radius 1 is 1.12 bits per heavy atom. The Hall–Kier alpha value is -2.77. The summed E-state index contributed by atoms with van der Waals surface area (Å²) in [6.07, 6.45) is 4.16. The molecule has 7 heteroatoms. The zero-order chi connectivity index (χ0) is 23.1. The van der Waals surface area contributed by atoms with Crippen LogP contribution in [-0.4, -0.2) is 42.0 Å². The van der Waals surface area contributed by atoms with Crippen LogP contribution in [0.25, 0.3) is 6.08 Å². The molecule has 0 aromatic heterocycles. The van der Waals surface area contributed by atoms with Crippen LogP contribution in [0.4, 0.5) is 0 Å². The van der Waals surface area contributed by atoms with E-state index in [0.29, 0.717) is 46.9 Å². The summed E-state index contributed by atoms with van der Waals surface area (Å²) in [5.74, 6) is 1.96. The number of methoxy groups -OCH3 is 1. The fourth-order valence-corrected chi connectivity index (χ4v) is 4.53. The molecule has 168 valence electrons. The molecule has 1 aliphatic heterocycles. The Labute approximate surface area is 199 Å². The molecular weight excluding hydrogens is 442 g/mol. The highest BCUT2D eigenvalue weighted by atomic mass is 32.2. The van der Waals surface area contributed by atoms with Crippen molar-refractivity contribution in [1.82, 2.24) is 4.90 Å². The predicted octanol–water partition coefficient (Wildman–Crippen LogP) is 5.55. The quantitative estimate of drug-likeness (QED) is 0.197. The number of thiocarbonyl (C=S) groups is 1. The van der Waals surface area contributed by atoms with Gasteiger partial charge in [-0.2, -0.15) is 0 Å². The molecular formula is C25H27NO4S2. The first-order chi connectivity index (χ1) is 15.4. The summed E-state index contributed by atoms with van der Waals surface area (Å²) in [6, 6.07) is 11.7. The van der Waals surface area contributed by atoms with Crippen LogP contribution in [0, 0.1) is 13.8 Å². The van der Waals surface area contributed by atoms with Crippen molar-refractivity contribution in [2.24, 2.45) is 0 Å². The van der Waals surface area contributed by atoms with Crippen molar-refractivity contribution in [1.29, 1.82) is 0 Å². The third-order valence-electron chi connectivity index (χ3n) is 4.82. The van der Waals surface area contributed by atoms with Gasteiger partial charge in [0, 0.05) is 18.5 Å². The number of ether oxygens (including phenoxy) is 3. The van der Waals surface area contributed by atoms with Gasteiger partial charge in [0.2, 0.25) is 0 Å². The van der Waals surface area contributed by atoms with E-state index in [1.54, 1.807) is 19.3 Å². The van der Waals surface area contributed by atoms with Crippen LogP contribution in [0.3, 0.4) is 0 Å². The SMILES string of the molecule is C=CCN1C(=O)/C(=C\c2cccc(OC)c2OCCCOc2ccc(C)cc2C)SC1=S. The Morgan fingerprint density at radius 3 is 2.62 bits per heavy atom. The molecule has 0 radical (unpaired) electrons. The zero-order valence-corrected chi connectivity index (χ0v) is 20.2. The maximum Gasteiger partial charge on any atom is 0.266 e. The van der Waals surface area contributed by atoms with Gasteiger partial charge in [-0.25, -0.2) is 0 Å². The van der Waals surface area contributed by atoms with Crippen molar-refractivity contribution in [3.8, 4) is 17.2 Å². The molecule has 1 saturated heterocycles. The van der Waals surface area contributed by atoms with E-state index in [1.807, 2.05) is 37.3 Å². The van der Waals surface area contributed by atoms with Crippen LogP contribution in [0.15, 0.2) is 54.0 Å². The number of rotatable bonds is 10. The largest absolute Gasteiger partial charge is 0.493 e. The van der Waals surface area contributed by atoms with Crippen LogP contribution >= 0.6 is 24.0 Å². The monoisotopic (exact) mass is 469 g/mol. The number of carbonyl (C=O) groups is 1. The van der Waals surface area contributed by atoms with Crippen molar-refractivity contribution in [2.45, 2.75) is 20.3 Å². The molecule has 0 saturated carbocycles. The number of carbonyl (C=O) groups excluding carboxylic acids is 1. The number of thioether (sulfide) groups is 1. The third-order valence-corrected chi connectivity index (χ3v) is 6.20. The molecule has 0 bridgehead atoms. The molecule has 1 heterocycles. The van der Waals surface area contributed by atoms with Crippen LogP contribution in [0.5, 0.6) is 17.2 Å². The molecule has 0 N–H and O–H groups in total. The van der Waals surface area contributed by atoms with Crippen molar-refractivity contribution >= 4 is 40.3 Å². The van der Waals surface area contributed by atoms with E-state index in [9.17, 15) is 4.79 Å². The topological polar surface area (TPSA) is 48.0 Å². The summed E-state index contributed by atoms with van der Waals surface area (Å²) >= 11 is 6.60. The van der Waals surface area contributed by atoms with Gasteiger partial charge in [-0.15, -0.1) is 6.58 Å². The van der Waals surface area contributed by atoms with Crippen molar-refractivity contribution in [3.05, 3.63) is 70.6 Å². The fourth-order valence-electron chi connectivity index (χ4n) is 3.27. The third kappa shape index (κ3) is 5.72. The molecule has 0 spiro atoms. The highest BCUT2D eigenvalue weighted by Gasteiger charge is 2.31.